The van der Waals surface area contributed by atoms with Gasteiger partial charge in [-0.3, -0.25) is 4.79 Å². The van der Waals surface area contributed by atoms with Gasteiger partial charge in [-0.15, -0.1) is 0 Å². The molecule has 2 saturated carbocycles. The largest absolute Gasteiger partial charge is 0.352 e. The van der Waals surface area contributed by atoms with Crippen molar-refractivity contribution in [1.82, 2.24) is 5.32 Å². The Labute approximate surface area is 145 Å². The molecule has 4 rings (SSSR count). The number of nitrogens with one attached hydrogen (secondary N) is 2. The summed E-state index contributed by atoms with van der Waals surface area (Å²) in [5.41, 5.74) is 2.64. The van der Waals surface area contributed by atoms with Crippen LogP contribution in [0.4, 0.5) is 0 Å². The van der Waals surface area contributed by atoms with Gasteiger partial charge in [0.1, 0.15) is 6.54 Å². The third-order valence-electron chi connectivity index (χ3n) is 6.61. The summed E-state index contributed by atoms with van der Waals surface area (Å²) in [5.74, 6) is 2.68. The van der Waals surface area contributed by atoms with Gasteiger partial charge in [0.25, 0.3) is 0 Å². The monoisotopic (exact) mass is 327 g/mol. The average Bonchev–Trinajstić information content (AvgIpc) is 3.32. The van der Waals surface area contributed by atoms with E-state index >= 15 is 0 Å². The first-order valence-corrected chi connectivity index (χ1v) is 9.94. The third kappa shape index (κ3) is 3.83. The highest BCUT2D eigenvalue weighted by Gasteiger charge is 2.39. The van der Waals surface area contributed by atoms with E-state index in [9.17, 15) is 4.79 Å². The number of rotatable bonds is 6. The van der Waals surface area contributed by atoms with Crippen LogP contribution in [-0.4, -0.2) is 19.0 Å². The fourth-order valence-corrected chi connectivity index (χ4v) is 5.25. The van der Waals surface area contributed by atoms with Crippen LogP contribution in [0.1, 0.15) is 56.1 Å². The van der Waals surface area contributed by atoms with Gasteiger partial charge in [0.2, 0.25) is 5.91 Å². The number of quaternary nitrogens is 1. The molecule has 1 aliphatic heterocycles. The van der Waals surface area contributed by atoms with Crippen LogP contribution in [0, 0.1) is 17.8 Å². The lowest BCUT2D eigenvalue weighted by Gasteiger charge is -2.20. The number of hydrogen-bond acceptors (Lipinski definition) is 1. The molecular formula is C21H31N2O+. The minimum atomic E-state index is 0.248. The molecule has 1 amide bonds. The van der Waals surface area contributed by atoms with E-state index in [4.69, 9.17) is 0 Å². The molecule has 0 radical (unpaired) electrons. The molecule has 0 spiro atoms. The van der Waals surface area contributed by atoms with Crippen LogP contribution >= 0.6 is 0 Å². The highest BCUT2D eigenvalue weighted by Crippen LogP contribution is 2.49. The Bertz CT molecular complexity index is 562. The zero-order valence-corrected chi connectivity index (χ0v) is 14.7. The van der Waals surface area contributed by atoms with Crippen molar-refractivity contribution in [3.05, 3.63) is 35.4 Å². The Morgan fingerprint density at radius 3 is 2.46 bits per heavy atom. The maximum atomic E-state index is 12.2. The lowest BCUT2D eigenvalue weighted by atomic mass is 9.86. The molecule has 1 saturated heterocycles. The summed E-state index contributed by atoms with van der Waals surface area (Å²) in [6, 6.07) is 8.84. The molecule has 1 heterocycles. The zero-order chi connectivity index (χ0) is 16.4. The van der Waals surface area contributed by atoms with Crippen LogP contribution in [-0.2, 0) is 17.9 Å². The number of amides is 1. The Kier molecular flexibility index (Phi) is 4.88. The molecule has 3 fully saturated rings. The first-order valence-electron chi connectivity index (χ1n) is 9.94. The Balaban J connectivity index is 1.21. The van der Waals surface area contributed by atoms with Crippen LogP contribution in [0.5, 0.6) is 0 Å². The lowest BCUT2D eigenvalue weighted by Crippen LogP contribution is -3.08. The summed E-state index contributed by atoms with van der Waals surface area (Å²) in [6.45, 7) is 4.47. The van der Waals surface area contributed by atoms with Crippen molar-refractivity contribution in [2.45, 2.75) is 58.0 Å². The number of carbonyl (C=O) groups is 1. The fourth-order valence-electron chi connectivity index (χ4n) is 5.25. The Morgan fingerprint density at radius 2 is 1.79 bits per heavy atom. The smallest absolute Gasteiger partial charge is 0.220 e. The van der Waals surface area contributed by atoms with Crippen molar-refractivity contribution < 1.29 is 9.69 Å². The molecule has 2 bridgehead atoms. The van der Waals surface area contributed by atoms with Crippen molar-refractivity contribution in [2.75, 3.05) is 13.1 Å². The molecule has 3 nitrogen and oxygen atoms in total. The summed E-state index contributed by atoms with van der Waals surface area (Å²) >= 11 is 0. The summed E-state index contributed by atoms with van der Waals surface area (Å²) in [6.07, 6.45) is 8.96. The maximum Gasteiger partial charge on any atom is 0.220 e. The van der Waals surface area contributed by atoms with Gasteiger partial charge in [-0.2, -0.15) is 0 Å². The van der Waals surface area contributed by atoms with Gasteiger partial charge in [-0.25, -0.2) is 0 Å². The second kappa shape index (κ2) is 7.26. The molecule has 2 aliphatic carbocycles. The SMILES string of the molecule is O=C(C[C@H]1C[C@@H]2CC[C@@H]1C2)NCc1ccc(C[NH+]2CCCC2)cc1. The fraction of sp³-hybridized carbons (Fsp3) is 0.667. The van der Waals surface area contributed by atoms with Crippen LogP contribution < -0.4 is 10.2 Å². The predicted molar refractivity (Wildman–Crippen MR) is 95.5 cm³/mol. The highest BCUT2D eigenvalue weighted by atomic mass is 16.1. The summed E-state index contributed by atoms with van der Waals surface area (Å²) in [5, 5.41) is 3.13. The number of hydrogen-bond donors (Lipinski definition) is 2. The van der Waals surface area contributed by atoms with Crippen LogP contribution in [0.3, 0.4) is 0 Å². The van der Waals surface area contributed by atoms with Gasteiger partial charge < -0.3 is 10.2 Å². The molecule has 3 heteroatoms. The molecular weight excluding hydrogens is 296 g/mol. The minimum Gasteiger partial charge on any atom is -0.352 e. The van der Waals surface area contributed by atoms with Crippen LogP contribution in [0.15, 0.2) is 24.3 Å². The second-order valence-electron chi connectivity index (χ2n) is 8.37. The molecule has 130 valence electrons. The minimum absolute atomic E-state index is 0.248. The molecule has 1 aromatic carbocycles. The summed E-state index contributed by atoms with van der Waals surface area (Å²) in [7, 11) is 0. The first-order chi connectivity index (χ1) is 11.8. The second-order valence-corrected chi connectivity index (χ2v) is 8.37. The van der Waals surface area contributed by atoms with Crippen molar-refractivity contribution in [3.8, 4) is 0 Å². The molecule has 0 unspecified atom stereocenters. The van der Waals surface area contributed by atoms with E-state index in [1.165, 1.54) is 62.7 Å². The zero-order valence-electron chi connectivity index (χ0n) is 14.7. The van der Waals surface area contributed by atoms with Crippen molar-refractivity contribution in [2.24, 2.45) is 17.8 Å². The predicted octanol–water partition coefficient (Wildman–Crippen LogP) is 2.31. The molecule has 2 N–H and O–H groups in total. The van der Waals surface area contributed by atoms with E-state index in [2.05, 4.69) is 29.6 Å². The highest BCUT2D eigenvalue weighted by molar-refractivity contribution is 5.76. The molecule has 0 aromatic heterocycles. The van der Waals surface area contributed by atoms with E-state index in [0.29, 0.717) is 12.5 Å². The summed E-state index contributed by atoms with van der Waals surface area (Å²) < 4.78 is 0. The van der Waals surface area contributed by atoms with Gasteiger partial charge in [0.15, 0.2) is 0 Å². The van der Waals surface area contributed by atoms with Gasteiger partial charge in [-0.1, -0.05) is 30.7 Å². The molecule has 3 atom stereocenters. The summed E-state index contributed by atoms with van der Waals surface area (Å²) in [4.78, 5) is 13.9. The van der Waals surface area contributed by atoms with Gasteiger partial charge in [0, 0.05) is 31.4 Å². The quantitative estimate of drug-likeness (QED) is 0.826. The normalized spacial score (nSPS) is 29.2. The topological polar surface area (TPSA) is 33.5 Å². The first kappa shape index (κ1) is 16.1. The lowest BCUT2D eigenvalue weighted by molar-refractivity contribution is -0.901. The van der Waals surface area contributed by atoms with E-state index < -0.39 is 0 Å². The number of carbonyl (C=O) groups excluding carboxylic acids is 1. The van der Waals surface area contributed by atoms with Crippen LogP contribution in [0.25, 0.3) is 0 Å². The number of fused-ring (bicyclic) bond motifs is 2. The van der Waals surface area contributed by atoms with E-state index in [1.54, 1.807) is 4.90 Å². The van der Waals surface area contributed by atoms with E-state index in [1.807, 2.05) is 0 Å². The Hall–Kier alpha value is -1.35. The number of likely N-dealkylation sites (tertiary alicyclic amines) is 1. The molecule has 3 aliphatic rings. The van der Waals surface area contributed by atoms with Gasteiger partial charge in [0.05, 0.1) is 13.1 Å². The molecule has 24 heavy (non-hydrogen) atoms. The van der Waals surface area contributed by atoms with Gasteiger partial charge in [-0.05, 0) is 42.6 Å². The molecule has 1 aromatic rings. The van der Waals surface area contributed by atoms with Crippen molar-refractivity contribution >= 4 is 5.91 Å². The van der Waals surface area contributed by atoms with Crippen LogP contribution in [0.2, 0.25) is 0 Å². The average molecular weight is 327 g/mol. The van der Waals surface area contributed by atoms with E-state index in [-0.39, 0.29) is 5.91 Å². The third-order valence-corrected chi connectivity index (χ3v) is 6.61. The van der Waals surface area contributed by atoms with Gasteiger partial charge >= 0.3 is 0 Å². The standard InChI is InChI=1S/C21H30N2O/c24-21(13-20-12-18-7-8-19(20)11-18)22-14-16-3-5-17(6-4-16)15-23-9-1-2-10-23/h3-6,18-20H,1-2,7-15H2,(H,22,24)/p+1/t18-,19-,20-/m1/s1. The van der Waals surface area contributed by atoms with Crippen molar-refractivity contribution in [3.63, 3.8) is 0 Å². The Morgan fingerprint density at radius 1 is 1.04 bits per heavy atom. The van der Waals surface area contributed by atoms with Crippen molar-refractivity contribution in [1.29, 1.82) is 0 Å². The maximum absolute atomic E-state index is 12.2. The number of benzene rings is 1. The van der Waals surface area contributed by atoms with E-state index in [0.717, 1.165) is 24.8 Å².